The topological polar surface area (TPSA) is 52.8 Å². The number of para-hydroxylation sites is 1. The number of hydrogen-bond acceptors (Lipinski definition) is 4. The van der Waals surface area contributed by atoms with Gasteiger partial charge in [-0.25, -0.2) is 0 Å². The molecule has 0 aliphatic heterocycles. The number of hydrogen-bond donors (Lipinski definition) is 0. The van der Waals surface area contributed by atoms with Crippen molar-refractivity contribution in [3.05, 3.63) is 54.9 Å². The number of methoxy groups -OCH3 is 1. The van der Waals surface area contributed by atoms with Crippen molar-refractivity contribution >= 4 is 0 Å². The van der Waals surface area contributed by atoms with Gasteiger partial charge in [-0.1, -0.05) is 30.3 Å². The van der Waals surface area contributed by atoms with E-state index >= 15 is 0 Å². The summed E-state index contributed by atoms with van der Waals surface area (Å²) in [4.78, 5) is 1.51. The van der Waals surface area contributed by atoms with Gasteiger partial charge in [0.2, 0.25) is 0 Å². The van der Waals surface area contributed by atoms with Gasteiger partial charge in [0.15, 0.2) is 6.33 Å². The quantitative estimate of drug-likeness (QED) is 0.718. The van der Waals surface area contributed by atoms with Gasteiger partial charge >= 0.3 is 0 Å². The van der Waals surface area contributed by atoms with E-state index in [1.54, 1.807) is 7.11 Å². The fraction of sp³-hybridized carbons (Fsp3) is 0.0714. The zero-order valence-electron chi connectivity index (χ0n) is 10.4. The predicted octanol–water partition coefficient (Wildman–Crippen LogP) is 2.34. The summed E-state index contributed by atoms with van der Waals surface area (Å²) < 4.78 is 5.26. The smallest absolute Gasteiger partial charge is 0.162 e. The van der Waals surface area contributed by atoms with Crippen molar-refractivity contribution < 1.29 is 4.74 Å². The molecule has 0 spiro atoms. The molecule has 5 nitrogen and oxygen atoms in total. The Kier molecular flexibility index (Phi) is 2.94. The molecular formula is C14H12N4O. The maximum atomic E-state index is 5.26. The summed E-state index contributed by atoms with van der Waals surface area (Å²) in [5.74, 6) is 0.818. The first-order chi connectivity index (χ1) is 9.38. The van der Waals surface area contributed by atoms with Crippen molar-refractivity contribution in [3.63, 3.8) is 0 Å². The lowest BCUT2D eigenvalue weighted by atomic mass is 10.0. The SMILES string of the molecule is COc1cccc(-c2ccccc2-n2ncnn2)c1. The maximum Gasteiger partial charge on any atom is 0.162 e. The third-order valence-electron chi connectivity index (χ3n) is 2.85. The van der Waals surface area contributed by atoms with Crippen molar-refractivity contribution in [2.75, 3.05) is 7.11 Å². The molecule has 0 aliphatic rings. The summed E-state index contributed by atoms with van der Waals surface area (Å²) in [6.07, 6.45) is 1.42. The second-order valence-corrected chi connectivity index (χ2v) is 3.97. The van der Waals surface area contributed by atoms with Crippen LogP contribution in [0, 0.1) is 0 Å². The van der Waals surface area contributed by atoms with Gasteiger partial charge in [0.25, 0.3) is 0 Å². The van der Waals surface area contributed by atoms with Crippen LogP contribution in [0.1, 0.15) is 0 Å². The minimum atomic E-state index is 0.818. The molecule has 0 bridgehead atoms. The number of benzene rings is 2. The Morgan fingerprint density at radius 1 is 1.05 bits per heavy atom. The largest absolute Gasteiger partial charge is 0.497 e. The van der Waals surface area contributed by atoms with Crippen molar-refractivity contribution in [3.8, 4) is 22.6 Å². The average Bonchev–Trinajstić information content (AvgIpc) is 3.01. The first-order valence-corrected chi connectivity index (χ1v) is 5.85. The number of rotatable bonds is 3. The summed E-state index contributed by atoms with van der Waals surface area (Å²) in [6, 6.07) is 15.8. The predicted molar refractivity (Wildman–Crippen MR) is 71.1 cm³/mol. The molecule has 3 aromatic rings. The van der Waals surface area contributed by atoms with Gasteiger partial charge in [-0.15, -0.1) is 15.0 Å². The van der Waals surface area contributed by atoms with Gasteiger partial charge < -0.3 is 4.74 Å². The molecule has 94 valence electrons. The molecular weight excluding hydrogens is 240 g/mol. The average molecular weight is 252 g/mol. The minimum absolute atomic E-state index is 0.818. The summed E-state index contributed by atoms with van der Waals surface area (Å²) in [6.45, 7) is 0. The molecule has 5 heteroatoms. The van der Waals surface area contributed by atoms with Crippen molar-refractivity contribution in [2.24, 2.45) is 0 Å². The van der Waals surface area contributed by atoms with Crippen molar-refractivity contribution in [2.45, 2.75) is 0 Å². The zero-order chi connectivity index (χ0) is 13.1. The first kappa shape index (κ1) is 11.4. The van der Waals surface area contributed by atoms with Crippen LogP contribution in [-0.2, 0) is 0 Å². The van der Waals surface area contributed by atoms with Gasteiger partial charge in [-0.3, -0.25) is 0 Å². The van der Waals surface area contributed by atoms with Crippen molar-refractivity contribution in [1.29, 1.82) is 0 Å². The molecule has 0 unspecified atom stereocenters. The van der Waals surface area contributed by atoms with E-state index in [2.05, 4.69) is 15.4 Å². The summed E-state index contributed by atoms with van der Waals surface area (Å²) in [5.41, 5.74) is 2.96. The first-order valence-electron chi connectivity index (χ1n) is 5.85. The molecule has 0 aliphatic carbocycles. The molecule has 0 N–H and O–H groups in total. The number of nitrogens with zero attached hydrogens (tertiary/aromatic N) is 4. The maximum absolute atomic E-state index is 5.26. The van der Waals surface area contributed by atoms with E-state index < -0.39 is 0 Å². The fourth-order valence-electron chi connectivity index (χ4n) is 1.96. The number of tetrazole rings is 1. The van der Waals surface area contributed by atoms with Crippen LogP contribution in [0.4, 0.5) is 0 Å². The Bertz CT molecular complexity index is 679. The Labute approximate surface area is 110 Å². The van der Waals surface area contributed by atoms with E-state index in [-0.39, 0.29) is 0 Å². The Hall–Kier alpha value is -2.69. The monoisotopic (exact) mass is 252 g/mol. The number of ether oxygens (including phenoxy) is 1. The lowest BCUT2D eigenvalue weighted by Crippen LogP contribution is -2.01. The second kappa shape index (κ2) is 4.89. The molecule has 1 aromatic heterocycles. The molecule has 0 amide bonds. The molecule has 0 fully saturated rings. The van der Waals surface area contributed by atoms with E-state index in [4.69, 9.17) is 4.74 Å². The van der Waals surface area contributed by atoms with Crippen LogP contribution in [-0.4, -0.2) is 27.3 Å². The van der Waals surface area contributed by atoms with E-state index in [0.717, 1.165) is 22.6 Å². The Morgan fingerprint density at radius 3 is 2.74 bits per heavy atom. The molecule has 1 heterocycles. The van der Waals surface area contributed by atoms with Crippen LogP contribution in [0.3, 0.4) is 0 Å². The molecule has 0 saturated carbocycles. The molecule has 19 heavy (non-hydrogen) atoms. The van der Waals surface area contributed by atoms with E-state index in [1.807, 2.05) is 48.5 Å². The van der Waals surface area contributed by atoms with Gasteiger partial charge in [-0.05, 0) is 29.0 Å². The molecule has 0 saturated heterocycles. The van der Waals surface area contributed by atoms with Crippen LogP contribution >= 0.6 is 0 Å². The normalized spacial score (nSPS) is 10.4. The van der Waals surface area contributed by atoms with Gasteiger partial charge in [-0.2, -0.15) is 0 Å². The van der Waals surface area contributed by atoms with Gasteiger partial charge in [0.05, 0.1) is 12.8 Å². The van der Waals surface area contributed by atoms with Crippen LogP contribution in [0.2, 0.25) is 0 Å². The van der Waals surface area contributed by atoms with Crippen LogP contribution in [0.5, 0.6) is 5.75 Å². The Morgan fingerprint density at radius 2 is 1.95 bits per heavy atom. The molecule has 0 radical (unpaired) electrons. The number of aromatic nitrogens is 4. The second-order valence-electron chi connectivity index (χ2n) is 3.97. The lowest BCUT2D eigenvalue weighted by molar-refractivity contribution is 0.415. The van der Waals surface area contributed by atoms with E-state index in [0.29, 0.717) is 0 Å². The van der Waals surface area contributed by atoms with Crippen LogP contribution in [0.15, 0.2) is 54.9 Å². The zero-order valence-corrected chi connectivity index (χ0v) is 10.4. The highest BCUT2D eigenvalue weighted by Gasteiger charge is 2.08. The van der Waals surface area contributed by atoms with E-state index in [9.17, 15) is 0 Å². The molecule has 3 rings (SSSR count). The van der Waals surface area contributed by atoms with Gasteiger partial charge in [0.1, 0.15) is 5.75 Å². The highest BCUT2D eigenvalue weighted by Crippen LogP contribution is 2.28. The molecule has 0 atom stereocenters. The minimum Gasteiger partial charge on any atom is -0.497 e. The van der Waals surface area contributed by atoms with Gasteiger partial charge in [0, 0.05) is 5.56 Å². The summed E-state index contributed by atoms with van der Waals surface area (Å²) >= 11 is 0. The molecule has 2 aromatic carbocycles. The summed E-state index contributed by atoms with van der Waals surface area (Å²) in [5, 5.41) is 11.8. The van der Waals surface area contributed by atoms with E-state index in [1.165, 1.54) is 11.1 Å². The fourth-order valence-corrected chi connectivity index (χ4v) is 1.96. The lowest BCUT2D eigenvalue weighted by Gasteiger charge is -2.09. The highest BCUT2D eigenvalue weighted by atomic mass is 16.5. The Balaban J connectivity index is 2.15. The van der Waals surface area contributed by atoms with Crippen molar-refractivity contribution in [1.82, 2.24) is 20.2 Å². The van der Waals surface area contributed by atoms with Crippen LogP contribution < -0.4 is 4.74 Å². The van der Waals surface area contributed by atoms with Crippen LogP contribution in [0.25, 0.3) is 16.8 Å². The third-order valence-corrected chi connectivity index (χ3v) is 2.85. The third kappa shape index (κ3) is 2.18. The summed E-state index contributed by atoms with van der Waals surface area (Å²) in [7, 11) is 1.66. The standard InChI is InChI=1S/C14H12N4O/c1-19-12-6-4-5-11(9-12)13-7-2-3-8-14(13)18-16-10-15-17-18/h2-10H,1H3. The highest BCUT2D eigenvalue weighted by molar-refractivity contribution is 5.73.